The van der Waals surface area contributed by atoms with Gasteiger partial charge in [0, 0.05) is 43.3 Å². The third-order valence-electron chi connectivity index (χ3n) is 6.19. The molecule has 0 radical (unpaired) electrons. The first-order valence-corrected chi connectivity index (χ1v) is 12.5. The third kappa shape index (κ3) is 4.58. The molecule has 1 aromatic heterocycles. The van der Waals surface area contributed by atoms with E-state index in [0.717, 1.165) is 35.0 Å². The monoisotopic (exact) mass is 485 g/mol. The largest absolute Gasteiger partial charge is 0.497 e. The zero-order valence-corrected chi connectivity index (χ0v) is 20.3. The molecule has 0 spiro atoms. The smallest absolute Gasteiger partial charge is 0.255 e. The van der Waals surface area contributed by atoms with Crippen LogP contribution in [0.25, 0.3) is 5.69 Å². The first kappa shape index (κ1) is 24.0. The first-order valence-electron chi connectivity index (χ1n) is 11.1. The van der Waals surface area contributed by atoms with E-state index in [1.165, 1.54) is 16.4 Å². The Labute approximate surface area is 199 Å². The quantitative estimate of drug-likeness (QED) is 0.552. The molecule has 34 heavy (non-hydrogen) atoms. The Hall–Kier alpha value is -3.17. The Morgan fingerprint density at radius 3 is 2.26 bits per heavy atom. The molecule has 0 N–H and O–H groups in total. The van der Waals surface area contributed by atoms with Gasteiger partial charge in [-0.1, -0.05) is 0 Å². The van der Waals surface area contributed by atoms with Gasteiger partial charge in [-0.3, -0.25) is 4.79 Å². The molecule has 9 heteroatoms. The average Bonchev–Trinajstić information content (AvgIpc) is 2.99. The van der Waals surface area contributed by atoms with Gasteiger partial charge in [-0.25, -0.2) is 12.8 Å². The van der Waals surface area contributed by atoms with E-state index in [9.17, 15) is 17.6 Å². The van der Waals surface area contributed by atoms with E-state index in [0.29, 0.717) is 25.1 Å². The van der Waals surface area contributed by atoms with Crippen LogP contribution in [0.2, 0.25) is 0 Å². The predicted octanol–water partition coefficient (Wildman–Crippen LogP) is 3.78. The van der Waals surface area contributed by atoms with E-state index >= 15 is 0 Å². The molecule has 1 aliphatic heterocycles. The minimum Gasteiger partial charge on any atom is -0.497 e. The maximum Gasteiger partial charge on any atom is 0.255 e. The summed E-state index contributed by atoms with van der Waals surface area (Å²) in [5.74, 6) is 0.153. The number of aryl methyl sites for hydroxylation is 1. The average molecular weight is 486 g/mol. The summed E-state index contributed by atoms with van der Waals surface area (Å²) in [6.45, 7) is 5.09. The van der Waals surface area contributed by atoms with Crippen molar-refractivity contribution in [3.8, 4) is 11.4 Å². The SMILES string of the molecule is COc1ccc(-n2c(C)cc(C(=O)N3CCCN(S(=O)(=O)c4ccc(F)cc4)CC3)c2C)cc1. The fraction of sp³-hybridized carbons (Fsp3) is 0.320. The molecule has 1 amide bonds. The fourth-order valence-electron chi connectivity index (χ4n) is 4.37. The number of hydrogen-bond donors (Lipinski definition) is 0. The highest BCUT2D eigenvalue weighted by molar-refractivity contribution is 7.89. The second-order valence-corrected chi connectivity index (χ2v) is 10.3. The summed E-state index contributed by atoms with van der Waals surface area (Å²) < 4.78 is 47.8. The Morgan fingerprint density at radius 2 is 1.62 bits per heavy atom. The van der Waals surface area contributed by atoms with Crippen LogP contribution in [0.15, 0.2) is 59.5 Å². The molecule has 1 saturated heterocycles. The molecular weight excluding hydrogens is 457 g/mol. The van der Waals surface area contributed by atoms with Gasteiger partial charge in [0.1, 0.15) is 11.6 Å². The maximum absolute atomic E-state index is 13.4. The van der Waals surface area contributed by atoms with E-state index in [4.69, 9.17) is 4.74 Å². The number of amides is 1. The number of hydrogen-bond acceptors (Lipinski definition) is 4. The van der Waals surface area contributed by atoms with Gasteiger partial charge in [-0.05, 0) is 74.9 Å². The molecule has 1 fully saturated rings. The van der Waals surface area contributed by atoms with Crippen LogP contribution in [0.5, 0.6) is 5.75 Å². The Bertz CT molecular complexity index is 1280. The van der Waals surface area contributed by atoms with Crippen molar-refractivity contribution in [3.05, 3.63) is 77.4 Å². The zero-order valence-electron chi connectivity index (χ0n) is 19.5. The summed E-state index contributed by atoms with van der Waals surface area (Å²) >= 11 is 0. The molecule has 3 aromatic rings. The van der Waals surface area contributed by atoms with Crippen LogP contribution in [-0.2, 0) is 10.0 Å². The Morgan fingerprint density at radius 1 is 0.941 bits per heavy atom. The van der Waals surface area contributed by atoms with Gasteiger partial charge < -0.3 is 14.2 Å². The number of ether oxygens (including phenoxy) is 1. The van der Waals surface area contributed by atoms with Crippen LogP contribution in [0.1, 0.15) is 28.2 Å². The van der Waals surface area contributed by atoms with Crippen LogP contribution in [-0.4, -0.2) is 61.4 Å². The normalized spacial score (nSPS) is 15.2. The van der Waals surface area contributed by atoms with Crippen LogP contribution in [0.4, 0.5) is 4.39 Å². The predicted molar refractivity (Wildman–Crippen MR) is 127 cm³/mol. The number of aromatic nitrogens is 1. The molecule has 4 rings (SSSR count). The van der Waals surface area contributed by atoms with Crippen molar-refractivity contribution < 1.29 is 22.3 Å². The van der Waals surface area contributed by atoms with Crippen molar-refractivity contribution in [2.45, 2.75) is 25.2 Å². The molecule has 2 heterocycles. The number of sulfonamides is 1. The van der Waals surface area contributed by atoms with E-state index in [1.54, 1.807) is 12.0 Å². The van der Waals surface area contributed by atoms with Crippen LogP contribution in [0.3, 0.4) is 0 Å². The number of nitrogens with zero attached hydrogens (tertiary/aromatic N) is 3. The van der Waals surface area contributed by atoms with Gasteiger partial charge in [0.15, 0.2) is 0 Å². The number of methoxy groups -OCH3 is 1. The lowest BCUT2D eigenvalue weighted by Gasteiger charge is -2.22. The van der Waals surface area contributed by atoms with E-state index < -0.39 is 15.8 Å². The summed E-state index contributed by atoms with van der Waals surface area (Å²) in [7, 11) is -2.14. The van der Waals surface area contributed by atoms with Crippen molar-refractivity contribution in [1.29, 1.82) is 0 Å². The molecular formula is C25H28FN3O4S. The molecule has 180 valence electrons. The highest BCUT2D eigenvalue weighted by Gasteiger charge is 2.29. The lowest BCUT2D eigenvalue weighted by molar-refractivity contribution is 0.0763. The highest BCUT2D eigenvalue weighted by Crippen LogP contribution is 2.25. The minimum atomic E-state index is -3.75. The van der Waals surface area contributed by atoms with Crippen molar-refractivity contribution in [1.82, 2.24) is 13.8 Å². The van der Waals surface area contributed by atoms with Gasteiger partial charge in [0.25, 0.3) is 5.91 Å². The number of carbonyl (C=O) groups excluding carboxylic acids is 1. The summed E-state index contributed by atoms with van der Waals surface area (Å²) in [6, 6.07) is 14.3. The fourth-order valence-corrected chi connectivity index (χ4v) is 5.84. The topological polar surface area (TPSA) is 71.8 Å². The second kappa shape index (κ2) is 9.60. The molecule has 0 saturated carbocycles. The highest BCUT2D eigenvalue weighted by atomic mass is 32.2. The standard InChI is InChI=1S/C25H28FN3O4S/c1-18-17-24(19(2)29(18)21-7-9-22(33-3)10-8-21)25(30)27-13-4-14-28(16-15-27)34(31,32)23-11-5-20(26)6-12-23/h5-12,17H,4,13-16H2,1-3H3. The van der Waals surface area contributed by atoms with E-state index in [1.807, 2.05) is 48.7 Å². The van der Waals surface area contributed by atoms with Crippen molar-refractivity contribution in [2.24, 2.45) is 0 Å². The molecule has 0 atom stereocenters. The van der Waals surface area contributed by atoms with Crippen molar-refractivity contribution in [2.75, 3.05) is 33.3 Å². The van der Waals surface area contributed by atoms with E-state index in [2.05, 4.69) is 0 Å². The molecule has 7 nitrogen and oxygen atoms in total. The third-order valence-corrected chi connectivity index (χ3v) is 8.10. The maximum atomic E-state index is 13.4. The summed E-state index contributed by atoms with van der Waals surface area (Å²) in [6.07, 6.45) is 0.517. The van der Waals surface area contributed by atoms with Crippen LogP contribution >= 0.6 is 0 Å². The molecule has 0 bridgehead atoms. The molecule has 0 unspecified atom stereocenters. The first-order chi connectivity index (χ1) is 16.2. The van der Waals surface area contributed by atoms with E-state index in [-0.39, 0.29) is 23.9 Å². The summed E-state index contributed by atoms with van der Waals surface area (Å²) in [5.41, 5.74) is 3.29. The number of rotatable bonds is 5. The van der Waals surface area contributed by atoms with Gasteiger partial charge in [-0.2, -0.15) is 4.31 Å². The molecule has 1 aliphatic rings. The van der Waals surface area contributed by atoms with Crippen molar-refractivity contribution >= 4 is 15.9 Å². The van der Waals surface area contributed by atoms with Gasteiger partial charge in [0.05, 0.1) is 17.6 Å². The van der Waals surface area contributed by atoms with Crippen LogP contribution in [0, 0.1) is 19.7 Å². The van der Waals surface area contributed by atoms with Crippen LogP contribution < -0.4 is 4.74 Å². The second-order valence-electron chi connectivity index (χ2n) is 8.32. The lowest BCUT2D eigenvalue weighted by atomic mass is 10.2. The Kier molecular flexibility index (Phi) is 6.77. The molecule has 0 aliphatic carbocycles. The summed E-state index contributed by atoms with van der Waals surface area (Å²) in [5, 5.41) is 0. The lowest BCUT2D eigenvalue weighted by Crippen LogP contribution is -2.37. The van der Waals surface area contributed by atoms with Gasteiger partial charge in [-0.15, -0.1) is 0 Å². The summed E-state index contributed by atoms with van der Waals surface area (Å²) in [4.78, 5) is 15.2. The molecule has 2 aromatic carbocycles. The number of benzene rings is 2. The zero-order chi connectivity index (χ0) is 24.5. The van der Waals surface area contributed by atoms with Gasteiger partial charge >= 0.3 is 0 Å². The number of carbonyl (C=O) groups is 1. The minimum absolute atomic E-state index is 0.0525. The number of halogens is 1. The van der Waals surface area contributed by atoms with Crippen molar-refractivity contribution in [3.63, 3.8) is 0 Å². The Balaban J connectivity index is 1.52. The van der Waals surface area contributed by atoms with Gasteiger partial charge in [0.2, 0.25) is 10.0 Å².